The van der Waals surface area contributed by atoms with Crippen molar-refractivity contribution in [1.82, 2.24) is 4.98 Å². The molecule has 5 rings (SSSR count). The van der Waals surface area contributed by atoms with Crippen LogP contribution in [0, 0.1) is 18.7 Å². The summed E-state index contributed by atoms with van der Waals surface area (Å²) in [6.45, 7) is 8.88. The molecule has 0 bridgehead atoms. The Labute approximate surface area is 219 Å². The van der Waals surface area contributed by atoms with Crippen molar-refractivity contribution < 1.29 is 23.1 Å². The van der Waals surface area contributed by atoms with Gasteiger partial charge in [0, 0.05) is 5.69 Å². The van der Waals surface area contributed by atoms with Crippen molar-refractivity contribution in [2.45, 2.75) is 40.2 Å². The smallest absolute Gasteiger partial charge is 0.296 e. The molecule has 1 unspecified atom stereocenters. The summed E-state index contributed by atoms with van der Waals surface area (Å²) in [5.74, 6) is 0.789. The molecule has 2 aromatic heterocycles. The molecule has 1 amide bonds. The third-order valence-electron chi connectivity index (χ3n) is 6.49. The molecule has 0 saturated heterocycles. The van der Waals surface area contributed by atoms with E-state index in [4.69, 9.17) is 13.9 Å². The third-order valence-corrected chi connectivity index (χ3v) is 6.49. The Kier molecular flexibility index (Phi) is 6.89. The minimum absolute atomic E-state index is 0.0688. The molecule has 0 fully saturated rings. The molecule has 1 atom stereocenters. The summed E-state index contributed by atoms with van der Waals surface area (Å²) in [6.07, 6.45) is 0.884. The van der Waals surface area contributed by atoms with Crippen LogP contribution >= 0.6 is 0 Å². The van der Waals surface area contributed by atoms with E-state index in [1.54, 1.807) is 30.3 Å². The van der Waals surface area contributed by atoms with Crippen molar-refractivity contribution >= 4 is 22.7 Å². The predicted molar refractivity (Wildman–Crippen MR) is 143 cm³/mol. The molecule has 196 valence electrons. The number of fused-ring (bicyclic) bond motifs is 2. The molecular weight excluding hydrogens is 487 g/mol. The van der Waals surface area contributed by atoms with Crippen molar-refractivity contribution in [3.8, 4) is 11.5 Å². The molecule has 8 heteroatoms. The van der Waals surface area contributed by atoms with E-state index in [0.717, 1.165) is 12.5 Å². The molecule has 4 aromatic rings. The van der Waals surface area contributed by atoms with Crippen molar-refractivity contribution in [1.29, 1.82) is 0 Å². The van der Waals surface area contributed by atoms with Gasteiger partial charge >= 0.3 is 0 Å². The van der Waals surface area contributed by atoms with Crippen LogP contribution in [0.1, 0.15) is 60.6 Å². The standard InChI is InChI=1S/C30H29FN2O5/c1-5-36-24-15-19(9-11-23(24)37-14-13-17(2)3)27-26-28(34)21-16-20(31)10-12-22(21)38-29(26)30(35)33(27)25-8-6-7-18(4)32-25/h6-12,15-17,27H,5,13-14H2,1-4H3. The first-order chi connectivity index (χ1) is 18.3. The van der Waals surface area contributed by atoms with E-state index < -0.39 is 23.2 Å². The van der Waals surface area contributed by atoms with E-state index in [0.29, 0.717) is 47.7 Å². The number of anilines is 1. The molecule has 0 radical (unpaired) electrons. The fraction of sp³-hybridized carbons (Fsp3) is 0.300. The highest BCUT2D eigenvalue weighted by atomic mass is 19.1. The van der Waals surface area contributed by atoms with Gasteiger partial charge in [-0.1, -0.05) is 26.0 Å². The third kappa shape index (κ3) is 4.62. The molecular formula is C30H29FN2O5. The Morgan fingerprint density at radius 1 is 1.05 bits per heavy atom. The van der Waals surface area contributed by atoms with Crippen LogP contribution in [0.5, 0.6) is 11.5 Å². The zero-order valence-corrected chi connectivity index (χ0v) is 21.8. The number of hydrogen-bond donors (Lipinski definition) is 0. The van der Waals surface area contributed by atoms with E-state index in [1.165, 1.54) is 17.0 Å². The number of nitrogens with zero attached hydrogens (tertiary/aromatic N) is 2. The van der Waals surface area contributed by atoms with Gasteiger partial charge in [0.15, 0.2) is 16.9 Å². The van der Waals surface area contributed by atoms with E-state index in [9.17, 15) is 14.0 Å². The fourth-order valence-corrected chi connectivity index (χ4v) is 4.65. The lowest BCUT2D eigenvalue weighted by molar-refractivity contribution is 0.0970. The minimum atomic E-state index is -0.861. The summed E-state index contributed by atoms with van der Waals surface area (Å²) in [4.78, 5) is 33.5. The van der Waals surface area contributed by atoms with E-state index in [1.807, 2.05) is 19.9 Å². The summed E-state index contributed by atoms with van der Waals surface area (Å²) in [5.41, 5.74) is 1.13. The van der Waals surface area contributed by atoms with Crippen LogP contribution < -0.4 is 19.8 Å². The zero-order chi connectivity index (χ0) is 27.0. The number of carbonyl (C=O) groups excluding carboxylic acids is 1. The van der Waals surface area contributed by atoms with Crippen LogP contribution in [-0.4, -0.2) is 24.1 Å². The van der Waals surface area contributed by atoms with Crippen LogP contribution in [0.3, 0.4) is 0 Å². The number of pyridine rings is 1. The largest absolute Gasteiger partial charge is 0.490 e. The summed E-state index contributed by atoms with van der Waals surface area (Å²) in [6, 6.07) is 13.5. The first kappa shape index (κ1) is 25.4. The Morgan fingerprint density at radius 2 is 1.87 bits per heavy atom. The van der Waals surface area contributed by atoms with Gasteiger partial charge in [-0.3, -0.25) is 14.5 Å². The summed E-state index contributed by atoms with van der Waals surface area (Å²) in [7, 11) is 0. The van der Waals surface area contributed by atoms with Crippen LogP contribution in [0.15, 0.2) is 63.8 Å². The van der Waals surface area contributed by atoms with Crippen molar-refractivity contribution in [3.63, 3.8) is 0 Å². The van der Waals surface area contributed by atoms with Gasteiger partial charge in [0.05, 0.1) is 30.2 Å². The Balaban J connectivity index is 1.70. The first-order valence-electron chi connectivity index (χ1n) is 12.7. The highest BCUT2D eigenvalue weighted by Crippen LogP contribution is 2.43. The van der Waals surface area contributed by atoms with Gasteiger partial charge in [-0.15, -0.1) is 0 Å². The van der Waals surface area contributed by atoms with Gasteiger partial charge in [0.25, 0.3) is 5.91 Å². The Hall–Kier alpha value is -4.20. The molecule has 3 heterocycles. The summed E-state index contributed by atoms with van der Waals surface area (Å²) >= 11 is 0. The zero-order valence-electron chi connectivity index (χ0n) is 21.8. The van der Waals surface area contributed by atoms with Gasteiger partial charge < -0.3 is 13.9 Å². The molecule has 7 nitrogen and oxygen atoms in total. The maximum absolute atomic E-state index is 14.1. The Morgan fingerprint density at radius 3 is 2.61 bits per heavy atom. The number of hydrogen-bond acceptors (Lipinski definition) is 6. The SMILES string of the molecule is CCOc1cc(C2c3c(oc4ccc(F)cc4c3=O)C(=O)N2c2cccc(C)n2)ccc1OCCC(C)C. The number of benzene rings is 2. The second-order valence-electron chi connectivity index (χ2n) is 9.70. The van der Waals surface area contributed by atoms with Crippen molar-refractivity contribution in [2.24, 2.45) is 5.92 Å². The van der Waals surface area contributed by atoms with Crippen LogP contribution in [-0.2, 0) is 0 Å². The van der Waals surface area contributed by atoms with Gasteiger partial charge in [-0.25, -0.2) is 9.37 Å². The number of aromatic nitrogens is 1. The lowest BCUT2D eigenvalue weighted by Crippen LogP contribution is -2.30. The summed E-state index contributed by atoms with van der Waals surface area (Å²) < 4.78 is 31.9. The Bertz CT molecular complexity index is 1580. The monoisotopic (exact) mass is 516 g/mol. The average molecular weight is 517 g/mol. The molecule has 0 N–H and O–H groups in total. The maximum Gasteiger partial charge on any atom is 0.296 e. The normalized spacial score (nSPS) is 14.8. The van der Waals surface area contributed by atoms with E-state index in [-0.39, 0.29) is 22.3 Å². The van der Waals surface area contributed by atoms with Gasteiger partial charge in [-0.2, -0.15) is 0 Å². The predicted octanol–water partition coefficient (Wildman–Crippen LogP) is 6.21. The fourth-order valence-electron chi connectivity index (χ4n) is 4.65. The second kappa shape index (κ2) is 10.3. The van der Waals surface area contributed by atoms with Crippen molar-refractivity contribution in [3.05, 3.63) is 93.2 Å². The quantitative estimate of drug-likeness (QED) is 0.277. The minimum Gasteiger partial charge on any atom is -0.490 e. The maximum atomic E-state index is 14.1. The molecule has 1 aliphatic rings. The van der Waals surface area contributed by atoms with E-state index in [2.05, 4.69) is 18.8 Å². The average Bonchev–Trinajstić information content (AvgIpc) is 3.18. The number of carbonyl (C=O) groups is 1. The van der Waals surface area contributed by atoms with Crippen molar-refractivity contribution in [2.75, 3.05) is 18.1 Å². The topological polar surface area (TPSA) is 81.9 Å². The van der Waals surface area contributed by atoms with Crippen LogP contribution in [0.25, 0.3) is 11.0 Å². The number of aryl methyl sites for hydroxylation is 1. The lowest BCUT2D eigenvalue weighted by atomic mass is 9.98. The second-order valence-corrected chi connectivity index (χ2v) is 9.70. The number of rotatable bonds is 8. The molecule has 38 heavy (non-hydrogen) atoms. The van der Waals surface area contributed by atoms with E-state index >= 15 is 0 Å². The molecule has 0 aliphatic carbocycles. The number of ether oxygens (including phenoxy) is 2. The molecule has 0 spiro atoms. The highest BCUT2D eigenvalue weighted by molar-refractivity contribution is 6.10. The van der Waals surface area contributed by atoms with Gasteiger partial charge in [0.2, 0.25) is 5.76 Å². The lowest BCUT2D eigenvalue weighted by Gasteiger charge is -2.25. The van der Waals surface area contributed by atoms with Gasteiger partial charge in [-0.05, 0) is 74.2 Å². The number of amides is 1. The molecule has 0 saturated carbocycles. The summed E-state index contributed by atoms with van der Waals surface area (Å²) in [5, 5.41) is 0.0688. The van der Waals surface area contributed by atoms with Crippen LogP contribution in [0.4, 0.5) is 10.2 Å². The number of halogens is 1. The molecule has 1 aliphatic heterocycles. The molecule has 2 aromatic carbocycles. The van der Waals surface area contributed by atoms with Gasteiger partial charge in [0.1, 0.15) is 17.2 Å². The highest BCUT2D eigenvalue weighted by Gasteiger charge is 2.44. The first-order valence-corrected chi connectivity index (χ1v) is 12.7. The van der Waals surface area contributed by atoms with Crippen LogP contribution in [0.2, 0.25) is 0 Å².